The highest BCUT2D eigenvalue weighted by Gasteiger charge is 2.12. The van der Waals surface area contributed by atoms with Gasteiger partial charge in [-0.3, -0.25) is 9.59 Å². The molecule has 28 heavy (non-hydrogen) atoms. The Bertz CT molecular complexity index is 838. The molecule has 2 amide bonds. The van der Waals surface area contributed by atoms with Crippen LogP contribution in [-0.4, -0.2) is 45.9 Å². The van der Waals surface area contributed by atoms with Crippen LogP contribution in [0.1, 0.15) is 21.5 Å². The fourth-order valence-electron chi connectivity index (χ4n) is 2.36. The van der Waals surface area contributed by atoms with Gasteiger partial charge >= 0.3 is 0 Å². The molecule has 0 atom stereocenters. The van der Waals surface area contributed by atoms with Crippen LogP contribution in [-0.2, 0) is 4.79 Å². The van der Waals surface area contributed by atoms with Crippen LogP contribution in [0.5, 0.6) is 17.2 Å². The summed E-state index contributed by atoms with van der Waals surface area (Å²) in [6, 6.07) is 10.4. The third-order valence-corrected chi connectivity index (χ3v) is 3.81. The van der Waals surface area contributed by atoms with Gasteiger partial charge in [-0.15, -0.1) is 0 Å². The summed E-state index contributed by atoms with van der Waals surface area (Å²) >= 11 is 0. The van der Waals surface area contributed by atoms with Crippen LogP contribution in [0.25, 0.3) is 0 Å². The molecular formula is C20H23N3O5. The predicted molar refractivity (Wildman–Crippen MR) is 105 cm³/mol. The maximum atomic E-state index is 12.0. The van der Waals surface area contributed by atoms with Crippen molar-refractivity contribution in [1.82, 2.24) is 10.7 Å². The van der Waals surface area contributed by atoms with Gasteiger partial charge in [-0.05, 0) is 31.2 Å². The Hall–Kier alpha value is -3.55. The van der Waals surface area contributed by atoms with Gasteiger partial charge in [-0.25, -0.2) is 5.43 Å². The van der Waals surface area contributed by atoms with E-state index in [0.717, 1.165) is 5.56 Å². The van der Waals surface area contributed by atoms with Crippen LogP contribution in [0.2, 0.25) is 0 Å². The van der Waals surface area contributed by atoms with E-state index in [-0.39, 0.29) is 12.5 Å². The maximum Gasteiger partial charge on any atom is 0.259 e. The van der Waals surface area contributed by atoms with E-state index in [1.807, 2.05) is 19.1 Å². The molecule has 0 fully saturated rings. The normalized spacial score (nSPS) is 10.4. The number of hydrogen-bond donors (Lipinski definition) is 2. The molecule has 0 aliphatic rings. The van der Waals surface area contributed by atoms with Gasteiger partial charge in [0.15, 0.2) is 11.5 Å². The van der Waals surface area contributed by atoms with Crippen molar-refractivity contribution in [2.75, 3.05) is 27.9 Å². The lowest BCUT2D eigenvalue weighted by Crippen LogP contribution is -2.34. The highest BCUT2D eigenvalue weighted by Crippen LogP contribution is 2.37. The first-order valence-corrected chi connectivity index (χ1v) is 8.45. The number of hydrazone groups is 1. The third-order valence-electron chi connectivity index (χ3n) is 3.81. The Labute approximate surface area is 163 Å². The number of hydrogen-bond acceptors (Lipinski definition) is 6. The topological polar surface area (TPSA) is 98.2 Å². The van der Waals surface area contributed by atoms with Crippen LogP contribution in [0.4, 0.5) is 0 Å². The van der Waals surface area contributed by atoms with E-state index in [0.29, 0.717) is 28.4 Å². The number of amides is 2. The minimum absolute atomic E-state index is 0.195. The van der Waals surface area contributed by atoms with Gasteiger partial charge in [-0.2, -0.15) is 5.10 Å². The largest absolute Gasteiger partial charge is 0.493 e. The number of nitrogens with zero attached hydrogens (tertiary/aromatic N) is 1. The summed E-state index contributed by atoms with van der Waals surface area (Å²) in [6.07, 6.45) is 1.43. The van der Waals surface area contributed by atoms with Crippen LogP contribution >= 0.6 is 0 Å². The van der Waals surface area contributed by atoms with E-state index in [4.69, 9.17) is 14.2 Å². The molecule has 0 saturated heterocycles. The molecule has 2 aromatic rings. The second-order valence-electron chi connectivity index (χ2n) is 5.80. The molecule has 0 saturated carbocycles. The lowest BCUT2D eigenvalue weighted by molar-refractivity contribution is -0.120. The van der Waals surface area contributed by atoms with Crippen molar-refractivity contribution in [3.8, 4) is 17.2 Å². The molecule has 0 spiro atoms. The lowest BCUT2D eigenvalue weighted by atomic mass is 10.1. The fourth-order valence-corrected chi connectivity index (χ4v) is 2.36. The predicted octanol–water partition coefficient (Wildman–Crippen LogP) is 1.90. The van der Waals surface area contributed by atoms with Gasteiger partial charge < -0.3 is 19.5 Å². The summed E-state index contributed by atoms with van der Waals surface area (Å²) < 4.78 is 15.8. The number of aryl methyl sites for hydroxylation is 1. The van der Waals surface area contributed by atoms with Crippen LogP contribution in [0.3, 0.4) is 0 Å². The Balaban J connectivity index is 1.92. The van der Waals surface area contributed by atoms with Crippen molar-refractivity contribution < 1.29 is 23.8 Å². The van der Waals surface area contributed by atoms with E-state index >= 15 is 0 Å². The number of ether oxygens (including phenoxy) is 3. The molecule has 0 aliphatic carbocycles. The molecule has 0 unspecified atom stereocenters. The summed E-state index contributed by atoms with van der Waals surface area (Å²) in [5, 5.41) is 6.42. The maximum absolute atomic E-state index is 12.0. The Morgan fingerprint density at radius 1 is 1.00 bits per heavy atom. The van der Waals surface area contributed by atoms with Crippen molar-refractivity contribution in [2.24, 2.45) is 5.10 Å². The van der Waals surface area contributed by atoms with E-state index < -0.39 is 5.91 Å². The summed E-state index contributed by atoms with van der Waals surface area (Å²) in [6.45, 7) is 1.74. The summed E-state index contributed by atoms with van der Waals surface area (Å²) in [5.41, 5.74) is 4.53. The average molecular weight is 385 g/mol. The van der Waals surface area contributed by atoms with Gasteiger partial charge in [0.2, 0.25) is 5.75 Å². The molecular weight excluding hydrogens is 362 g/mol. The second-order valence-corrected chi connectivity index (χ2v) is 5.80. The first kappa shape index (κ1) is 20.8. The van der Waals surface area contributed by atoms with E-state index in [1.165, 1.54) is 27.5 Å². The molecule has 8 heteroatoms. The molecule has 0 aromatic heterocycles. The molecule has 0 aliphatic heterocycles. The Kier molecular flexibility index (Phi) is 7.38. The van der Waals surface area contributed by atoms with E-state index in [2.05, 4.69) is 15.8 Å². The molecule has 8 nitrogen and oxygen atoms in total. The van der Waals surface area contributed by atoms with Crippen molar-refractivity contribution in [3.05, 3.63) is 53.1 Å². The summed E-state index contributed by atoms with van der Waals surface area (Å²) in [7, 11) is 4.53. The standard InChI is InChI=1S/C20H23N3O5/c1-13-5-7-15(8-6-13)20(25)21-12-18(24)23-22-11-14-9-16(26-2)19(28-4)17(10-14)27-3/h5-11H,12H2,1-4H3,(H,21,25)(H,23,24)/b22-11+. The summed E-state index contributed by atoms with van der Waals surface area (Å²) in [5.74, 6) is 0.623. The molecule has 0 radical (unpaired) electrons. The zero-order chi connectivity index (χ0) is 20.5. The number of nitrogens with one attached hydrogen (secondary N) is 2. The number of carbonyl (C=O) groups excluding carboxylic acids is 2. The first-order chi connectivity index (χ1) is 13.5. The molecule has 2 rings (SSSR count). The third kappa shape index (κ3) is 5.47. The van der Waals surface area contributed by atoms with Gasteiger partial charge in [0.05, 0.1) is 34.1 Å². The molecule has 0 bridgehead atoms. The van der Waals surface area contributed by atoms with Gasteiger partial charge in [0, 0.05) is 11.1 Å². The quantitative estimate of drug-likeness (QED) is 0.534. The van der Waals surface area contributed by atoms with Crippen molar-refractivity contribution >= 4 is 18.0 Å². The van der Waals surface area contributed by atoms with Gasteiger partial charge in [0.1, 0.15) is 0 Å². The monoisotopic (exact) mass is 385 g/mol. The smallest absolute Gasteiger partial charge is 0.259 e. The second kappa shape index (κ2) is 9.96. The minimum Gasteiger partial charge on any atom is -0.493 e. The fraction of sp³-hybridized carbons (Fsp3) is 0.250. The zero-order valence-corrected chi connectivity index (χ0v) is 16.2. The van der Waals surface area contributed by atoms with Gasteiger partial charge in [0.25, 0.3) is 11.8 Å². The zero-order valence-electron chi connectivity index (χ0n) is 16.2. The van der Waals surface area contributed by atoms with Crippen LogP contribution in [0.15, 0.2) is 41.5 Å². The number of carbonyl (C=O) groups is 2. The molecule has 0 heterocycles. The Morgan fingerprint density at radius 2 is 1.61 bits per heavy atom. The highest BCUT2D eigenvalue weighted by molar-refractivity contribution is 5.96. The molecule has 2 aromatic carbocycles. The van der Waals surface area contributed by atoms with Crippen LogP contribution < -0.4 is 25.0 Å². The first-order valence-electron chi connectivity index (χ1n) is 8.45. The minimum atomic E-state index is -0.454. The SMILES string of the molecule is COc1cc(/C=N/NC(=O)CNC(=O)c2ccc(C)cc2)cc(OC)c1OC. The lowest BCUT2D eigenvalue weighted by Gasteiger charge is -2.12. The number of benzene rings is 2. The number of rotatable bonds is 8. The average Bonchev–Trinajstić information content (AvgIpc) is 2.71. The van der Waals surface area contributed by atoms with Crippen LogP contribution in [0, 0.1) is 6.92 Å². The van der Waals surface area contributed by atoms with Gasteiger partial charge in [-0.1, -0.05) is 17.7 Å². The number of methoxy groups -OCH3 is 3. The molecule has 2 N–H and O–H groups in total. The van der Waals surface area contributed by atoms with Crippen molar-refractivity contribution in [1.29, 1.82) is 0 Å². The van der Waals surface area contributed by atoms with E-state index in [9.17, 15) is 9.59 Å². The van der Waals surface area contributed by atoms with E-state index in [1.54, 1.807) is 24.3 Å². The summed E-state index contributed by atoms with van der Waals surface area (Å²) in [4.78, 5) is 23.8. The Morgan fingerprint density at radius 3 is 2.14 bits per heavy atom. The highest BCUT2D eigenvalue weighted by atomic mass is 16.5. The molecule has 148 valence electrons. The van der Waals surface area contributed by atoms with Crippen molar-refractivity contribution in [2.45, 2.75) is 6.92 Å². The van der Waals surface area contributed by atoms with Crippen molar-refractivity contribution in [3.63, 3.8) is 0 Å².